The Kier molecular flexibility index (Phi) is 6.50. The van der Waals surface area contributed by atoms with Crippen LogP contribution in [-0.2, 0) is 11.3 Å². The van der Waals surface area contributed by atoms with Crippen LogP contribution in [0.4, 0.5) is 4.79 Å². The number of carbonyl (C=O) groups is 2. The second-order valence-corrected chi connectivity index (χ2v) is 7.53. The first-order chi connectivity index (χ1) is 12.6. The quantitative estimate of drug-likeness (QED) is 0.781. The van der Waals surface area contributed by atoms with Gasteiger partial charge < -0.3 is 15.5 Å². The van der Waals surface area contributed by atoms with Gasteiger partial charge in [-0.15, -0.1) is 0 Å². The van der Waals surface area contributed by atoms with E-state index in [9.17, 15) is 9.59 Å². The Hall–Kier alpha value is -2.08. The molecule has 1 aromatic rings. The second-order valence-electron chi connectivity index (χ2n) is 7.53. The Bertz CT molecular complexity index is 603. The number of rotatable bonds is 7. The van der Waals surface area contributed by atoms with E-state index in [1.165, 1.54) is 18.4 Å². The van der Waals surface area contributed by atoms with Gasteiger partial charge in [0, 0.05) is 32.7 Å². The summed E-state index contributed by atoms with van der Waals surface area (Å²) in [4.78, 5) is 28.3. The van der Waals surface area contributed by atoms with Crippen LogP contribution in [0, 0.1) is 5.92 Å². The van der Waals surface area contributed by atoms with Crippen LogP contribution in [0.3, 0.4) is 0 Å². The molecule has 2 fully saturated rings. The summed E-state index contributed by atoms with van der Waals surface area (Å²) >= 11 is 0. The van der Waals surface area contributed by atoms with Crippen LogP contribution in [0.15, 0.2) is 30.3 Å². The van der Waals surface area contributed by atoms with Crippen molar-refractivity contribution in [3.63, 3.8) is 0 Å². The first kappa shape index (κ1) is 18.7. The Morgan fingerprint density at radius 1 is 1.15 bits per heavy atom. The molecule has 1 aromatic carbocycles. The minimum absolute atomic E-state index is 0.0519. The molecule has 2 N–H and O–H groups in total. The zero-order valence-corrected chi connectivity index (χ0v) is 15.6. The van der Waals surface area contributed by atoms with Gasteiger partial charge in [-0.3, -0.25) is 9.69 Å². The van der Waals surface area contributed by atoms with Crippen molar-refractivity contribution in [3.05, 3.63) is 35.9 Å². The van der Waals surface area contributed by atoms with E-state index in [2.05, 4.69) is 39.8 Å². The molecule has 2 aliphatic rings. The van der Waals surface area contributed by atoms with Crippen molar-refractivity contribution in [3.8, 4) is 0 Å². The summed E-state index contributed by atoms with van der Waals surface area (Å²) in [5.74, 6) is 0.545. The summed E-state index contributed by atoms with van der Waals surface area (Å²) in [6, 6.07) is 10.4. The maximum Gasteiger partial charge on any atom is 0.317 e. The van der Waals surface area contributed by atoms with Crippen LogP contribution < -0.4 is 10.6 Å². The topological polar surface area (TPSA) is 64.7 Å². The molecule has 0 radical (unpaired) electrons. The van der Waals surface area contributed by atoms with Crippen molar-refractivity contribution in [1.82, 2.24) is 20.4 Å². The maximum atomic E-state index is 12.4. The van der Waals surface area contributed by atoms with Gasteiger partial charge >= 0.3 is 6.03 Å². The zero-order chi connectivity index (χ0) is 18.4. The highest BCUT2D eigenvalue weighted by atomic mass is 16.2. The molecule has 1 aliphatic heterocycles. The molecular formula is C20H30N4O2. The standard InChI is InChI=1S/C20H30N4O2/c1-23(20(26)22-13-19(25)21-12-16-9-10-16)18-8-5-11-24(15-18)14-17-6-3-2-4-7-17/h2-4,6-7,16,18H,5,8-15H2,1H3,(H,21,25)(H,22,26). The summed E-state index contributed by atoms with van der Waals surface area (Å²) in [6.07, 6.45) is 4.49. The molecule has 3 amide bonds. The fraction of sp³-hybridized carbons (Fsp3) is 0.600. The Morgan fingerprint density at radius 3 is 2.65 bits per heavy atom. The molecule has 1 saturated carbocycles. The fourth-order valence-corrected chi connectivity index (χ4v) is 3.42. The van der Waals surface area contributed by atoms with Gasteiger partial charge in [-0.05, 0) is 43.7 Å². The van der Waals surface area contributed by atoms with E-state index in [4.69, 9.17) is 0 Å². The van der Waals surface area contributed by atoms with Crippen LogP contribution in [0.5, 0.6) is 0 Å². The van der Waals surface area contributed by atoms with Gasteiger partial charge in [0.15, 0.2) is 0 Å². The minimum Gasteiger partial charge on any atom is -0.354 e. The number of urea groups is 1. The lowest BCUT2D eigenvalue weighted by Gasteiger charge is -2.37. The molecule has 1 unspecified atom stereocenters. The first-order valence-electron chi connectivity index (χ1n) is 9.65. The number of likely N-dealkylation sites (tertiary alicyclic amines) is 1. The molecule has 26 heavy (non-hydrogen) atoms. The monoisotopic (exact) mass is 358 g/mol. The van der Waals surface area contributed by atoms with Crippen molar-refractivity contribution >= 4 is 11.9 Å². The number of benzene rings is 1. The molecule has 1 saturated heterocycles. The average molecular weight is 358 g/mol. The van der Waals surface area contributed by atoms with E-state index in [-0.39, 0.29) is 24.5 Å². The van der Waals surface area contributed by atoms with Crippen molar-refractivity contribution in [2.45, 2.75) is 38.3 Å². The Balaban J connectivity index is 1.41. The number of nitrogens with zero attached hydrogens (tertiary/aromatic N) is 2. The van der Waals surface area contributed by atoms with Gasteiger partial charge in [0.05, 0.1) is 6.54 Å². The number of amides is 3. The summed E-state index contributed by atoms with van der Waals surface area (Å²) < 4.78 is 0. The zero-order valence-electron chi connectivity index (χ0n) is 15.6. The molecule has 0 spiro atoms. The normalized spacial score (nSPS) is 20.4. The third-order valence-electron chi connectivity index (χ3n) is 5.28. The number of hydrogen-bond acceptors (Lipinski definition) is 3. The first-order valence-corrected chi connectivity index (χ1v) is 9.65. The number of nitrogens with one attached hydrogen (secondary N) is 2. The summed E-state index contributed by atoms with van der Waals surface area (Å²) in [5.41, 5.74) is 1.30. The molecule has 6 heteroatoms. The van der Waals surface area contributed by atoms with Gasteiger partial charge in [0.25, 0.3) is 0 Å². The van der Waals surface area contributed by atoms with Gasteiger partial charge in [-0.2, -0.15) is 0 Å². The maximum absolute atomic E-state index is 12.4. The number of likely N-dealkylation sites (N-methyl/N-ethyl adjacent to an activating group) is 1. The number of piperidine rings is 1. The summed E-state index contributed by atoms with van der Waals surface area (Å²) in [6.45, 7) is 3.63. The Labute approximate surface area is 155 Å². The second kappa shape index (κ2) is 9.03. The third kappa shape index (κ3) is 5.73. The van der Waals surface area contributed by atoms with E-state index in [0.29, 0.717) is 5.92 Å². The van der Waals surface area contributed by atoms with Gasteiger partial charge in [-0.1, -0.05) is 30.3 Å². The highest BCUT2D eigenvalue weighted by molar-refractivity contribution is 5.83. The third-order valence-corrected chi connectivity index (χ3v) is 5.28. The minimum atomic E-state index is -0.168. The molecule has 0 aromatic heterocycles. The van der Waals surface area contributed by atoms with E-state index in [0.717, 1.165) is 39.0 Å². The highest BCUT2D eigenvalue weighted by Crippen LogP contribution is 2.27. The van der Waals surface area contributed by atoms with E-state index < -0.39 is 0 Å². The van der Waals surface area contributed by atoms with Crippen LogP contribution in [-0.4, -0.2) is 61.0 Å². The van der Waals surface area contributed by atoms with Crippen molar-refractivity contribution in [2.75, 3.05) is 33.2 Å². The lowest BCUT2D eigenvalue weighted by atomic mass is 10.0. The van der Waals surface area contributed by atoms with Crippen LogP contribution >= 0.6 is 0 Å². The molecule has 6 nitrogen and oxygen atoms in total. The van der Waals surface area contributed by atoms with E-state index in [1.54, 1.807) is 4.90 Å². The summed E-state index contributed by atoms with van der Waals surface area (Å²) in [5, 5.41) is 5.62. The highest BCUT2D eigenvalue weighted by Gasteiger charge is 2.26. The molecule has 1 aliphatic carbocycles. The molecule has 0 bridgehead atoms. The SMILES string of the molecule is CN(C(=O)NCC(=O)NCC1CC1)C1CCCN(Cc2ccccc2)C1. The Morgan fingerprint density at radius 2 is 1.92 bits per heavy atom. The molecule has 142 valence electrons. The van der Waals surface area contributed by atoms with Crippen LogP contribution in [0.2, 0.25) is 0 Å². The van der Waals surface area contributed by atoms with Crippen molar-refractivity contribution < 1.29 is 9.59 Å². The molecular weight excluding hydrogens is 328 g/mol. The van der Waals surface area contributed by atoms with Gasteiger partial charge in [0.1, 0.15) is 0 Å². The summed E-state index contributed by atoms with van der Waals surface area (Å²) in [7, 11) is 1.83. The molecule has 1 atom stereocenters. The van der Waals surface area contributed by atoms with Crippen molar-refractivity contribution in [1.29, 1.82) is 0 Å². The molecule has 1 heterocycles. The van der Waals surface area contributed by atoms with E-state index in [1.807, 2.05) is 13.1 Å². The van der Waals surface area contributed by atoms with Crippen LogP contribution in [0.25, 0.3) is 0 Å². The van der Waals surface area contributed by atoms with E-state index >= 15 is 0 Å². The lowest BCUT2D eigenvalue weighted by molar-refractivity contribution is -0.120. The number of carbonyl (C=O) groups excluding carboxylic acids is 2. The average Bonchev–Trinajstić information content (AvgIpc) is 3.49. The largest absolute Gasteiger partial charge is 0.354 e. The smallest absolute Gasteiger partial charge is 0.317 e. The van der Waals surface area contributed by atoms with Crippen LogP contribution in [0.1, 0.15) is 31.2 Å². The van der Waals surface area contributed by atoms with Crippen molar-refractivity contribution in [2.24, 2.45) is 5.92 Å². The number of hydrogen-bond donors (Lipinski definition) is 2. The van der Waals surface area contributed by atoms with Gasteiger partial charge in [-0.25, -0.2) is 4.79 Å². The van der Waals surface area contributed by atoms with Gasteiger partial charge in [0.2, 0.25) is 5.91 Å². The molecule has 3 rings (SSSR count). The fourth-order valence-electron chi connectivity index (χ4n) is 3.42. The predicted molar refractivity (Wildman–Crippen MR) is 102 cm³/mol. The lowest BCUT2D eigenvalue weighted by Crippen LogP contribution is -2.52. The predicted octanol–water partition coefficient (Wildman–Crippen LogP) is 1.82.